The minimum absolute atomic E-state index is 0.599. The van der Waals surface area contributed by atoms with E-state index in [-0.39, 0.29) is 0 Å². The van der Waals surface area contributed by atoms with Crippen LogP contribution < -0.4 is 5.32 Å². The first-order chi connectivity index (χ1) is 4.79. The van der Waals surface area contributed by atoms with Gasteiger partial charge in [-0.25, -0.2) is 4.39 Å². The Balaban J connectivity index is 2.13. The summed E-state index contributed by atoms with van der Waals surface area (Å²) in [5.74, 6) is 0. The molecule has 1 unspecified atom stereocenters. The summed E-state index contributed by atoms with van der Waals surface area (Å²) in [4.78, 5) is 2.15. The fourth-order valence-electron chi connectivity index (χ4n) is 1.25. The molecule has 0 amide bonds. The molecule has 0 aliphatic carbocycles. The third kappa shape index (κ3) is 2.62. The molecule has 0 saturated carbocycles. The van der Waals surface area contributed by atoms with Crippen LogP contribution in [0.15, 0.2) is 0 Å². The topological polar surface area (TPSA) is 15.3 Å². The van der Waals surface area contributed by atoms with E-state index in [1.165, 1.54) is 0 Å². The third-order valence-corrected chi connectivity index (χ3v) is 1.72. The van der Waals surface area contributed by atoms with Gasteiger partial charge in [-0.3, -0.25) is 4.90 Å². The van der Waals surface area contributed by atoms with Crippen LogP contribution in [-0.2, 0) is 0 Å². The number of rotatable bonds is 2. The molecule has 0 aromatic carbocycles. The molecule has 2 nitrogen and oxygen atoms in total. The standard InChI is InChI=1S/C7H15FN2/c1-7(8)6-10-4-2-9-3-5-10/h7,9H,2-6H2,1H3. The smallest absolute Gasteiger partial charge is 0.110 e. The fourth-order valence-corrected chi connectivity index (χ4v) is 1.25. The molecule has 1 aliphatic rings. The van der Waals surface area contributed by atoms with Crippen LogP contribution >= 0.6 is 0 Å². The van der Waals surface area contributed by atoms with Crippen molar-refractivity contribution in [2.45, 2.75) is 13.1 Å². The number of alkyl halides is 1. The summed E-state index contributed by atoms with van der Waals surface area (Å²) in [5, 5.41) is 3.22. The van der Waals surface area contributed by atoms with Gasteiger partial charge in [0, 0.05) is 32.7 Å². The Morgan fingerprint density at radius 3 is 2.60 bits per heavy atom. The Bertz CT molecular complexity index is 89.6. The highest BCUT2D eigenvalue weighted by molar-refractivity contribution is 4.68. The molecule has 1 heterocycles. The summed E-state index contributed by atoms with van der Waals surface area (Å²) in [5.41, 5.74) is 0. The van der Waals surface area contributed by atoms with Gasteiger partial charge < -0.3 is 5.32 Å². The van der Waals surface area contributed by atoms with Gasteiger partial charge in [-0.15, -0.1) is 0 Å². The highest BCUT2D eigenvalue weighted by Crippen LogP contribution is 1.96. The first-order valence-corrected chi connectivity index (χ1v) is 3.86. The highest BCUT2D eigenvalue weighted by atomic mass is 19.1. The molecule has 1 aliphatic heterocycles. The number of hydrogen-bond donors (Lipinski definition) is 1. The molecule has 1 fully saturated rings. The van der Waals surface area contributed by atoms with E-state index in [1.54, 1.807) is 6.92 Å². The van der Waals surface area contributed by atoms with Gasteiger partial charge in [-0.1, -0.05) is 0 Å². The second-order valence-corrected chi connectivity index (χ2v) is 2.83. The Morgan fingerprint density at radius 2 is 2.10 bits per heavy atom. The predicted molar refractivity (Wildman–Crippen MR) is 39.9 cm³/mol. The molecule has 10 heavy (non-hydrogen) atoms. The van der Waals surface area contributed by atoms with Crippen LogP contribution in [0, 0.1) is 0 Å². The lowest BCUT2D eigenvalue weighted by molar-refractivity contribution is 0.183. The van der Waals surface area contributed by atoms with Crippen molar-refractivity contribution in [3.8, 4) is 0 Å². The summed E-state index contributed by atoms with van der Waals surface area (Å²) in [6.07, 6.45) is -0.682. The summed E-state index contributed by atoms with van der Waals surface area (Å²) < 4.78 is 12.4. The van der Waals surface area contributed by atoms with Crippen molar-refractivity contribution in [1.29, 1.82) is 0 Å². The molecule has 1 atom stereocenters. The maximum Gasteiger partial charge on any atom is 0.110 e. The maximum absolute atomic E-state index is 12.4. The second kappa shape index (κ2) is 3.88. The lowest BCUT2D eigenvalue weighted by atomic mass is 10.3. The van der Waals surface area contributed by atoms with Crippen LogP contribution in [-0.4, -0.2) is 43.8 Å². The van der Waals surface area contributed by atoms with Gasteiger partial charge in [0.1, 0.15) is 6.17 Å². The van der Waals surface area contributed by atoms with Gasteiger partial charge in [0.15, 0.2) is 0 Å². The molecule has 0 bridgehead atoms. The van der Waals surface area contributed by atoms with Crippen LogP contribution in [0.4, 0.5) is 4.39 Å². The van der Waals surface area contributed by atoms with E-state index in [1.807, 2.05) is 0 Å². The zero-order chi connectivity index (χ0) is 7.40. The van der Waals surface area contributed by atoms with E-state index in [4.69, 9.17) is 0 Å². The molecule has 0 spiro atoms. The molecule has 1 saturated heterocycles. The van der Waals surface area contributed by atoms with Gasteiger partial charge in [0.05, 0.1) is 0 Å². The van der Waals surface area contributed by atoms with Crippen molar-refractivity contribution in [3.05, 3.63) is 0 Å². The van der Waals surface area contributed by atoms with E-state index >= 15 is 0 Å². The SMILES string of the molecule is CC(F)CN1CCNCC1. The van der Waals surface area contributed by atoms with Gasteiger partial charge >= 0.3 is 0 Å². The van der Waals surface area contributed by atoms with Crippen molar-refractivity contribution in [1.82, 2.24) is 10.2 Å². The first kappa shape index (κ1) is 7.95. The van der Waals surface area contributed by atoms with E-state index < -0.39 is 6.17 Å². The Labute approximate surface area is 61.4 Å². The number of hydrogen-bond acceptors (Lipinski definition) is 2. The lowest BCUT2D eigenvalue weighted by Gasteiger charge is -2.27. The first-order valence-electron chi connectivity index (χ1n) is 3.86. The van der Waals surface area contributed by atoms with E-state index in [0.29, 0.717) is 6.54 Å². The molecule has 3 heteroatoms. The van der Waals surface area contributed by atoms with E-state index in [9.17, 15) is 4.39 Å². The number of piperazine rings is 1. The van der Waals surface area contributed by atoms with Crippen molar-refractivity contribution in [2.24, 2.45) is 0 Å². The summed E-state index contributed by atoms with van der Waals surface area (Å²) in [6.45, 7) is 6.21. The summed E-state index contributed by atoms with van der Waals surface area (Å²) in [6, 6.07) is 0. The van der Waals surface area contributed by atoms with Crippen molar-refractivity contribution in [3.63, 3.8) is 0 Å². The molecule has 0 radical (unpaired) electrons. The molecule has 0 aromatic heterocycles. The van der Waals surface area contributed by atoms with Crippen LogP contribution in [0.25, 0.3) is 0 Å². The molecule has 1 N–H and O–H groups in total. The quantitative estimate of drug-likeness (QED) is 0.600. The molecular formula is C7H15FN2. The minimum atomic E-state index is -0.682. The van der Waals surface area contributed by atoms with Crippen LogP contribution in [0.2, 0.25) is 0 Å². The van der Waals surface area contributed by atoms with Gasteiger partial charge in [-0.2, -0.15) is 0 Å². The largest absolute Gasteiger partial charge is 0.314 e. The summed E-state index contributed by atoms with van der Waals surface area (Å²) >= 11 is 0. The van der Waals surface area contributed by atoms with Gasteiger partial charge in [0.2, 0.25) is 0 Å². The third-order valence-electron chi connectivity index (χ3n) is 1.72. The van der Waals surface area contributed by atoms with Crippen molar-refractivity contribution in [2.75, 3.05) is 32.7 Å². The second-order valence-electron chi connectivity index (χ2n) is 2.83. The average Bonchev–Trinajstić information content (AvgIpc) is 1.88. The number of nitrogens with one attached hydrogen (secondary N) is 1. The monoisotopic (exact) mass is 146 g/mol. The normalized spacial score (nSPS) is 24.6. The van der Waals surface area contributed by atoms with Gasteiger partial charge in [-0.05, 0) is 6.92 Å². The minimum Gasteiger partial charge on any atom is -0.314 e. The maximum atomic E-state index is 12.4. The average molecular weight is 146 g/mol. The fraction of sp³-hybridized carbons (Fsp3) is 1.00. The Hall–Kier alpha value is -0.150. The summed E-state index contributed by atoms with van der Waals surface area (Å²) in [7, 11) is 0. The Kier molecular flexibility index (Phi) is 3.09. The molecule has 60 valence electrons. The Morgan fingerprint density at radius 1 is 1.50 bits per heavy atom. The molecular weight excluding hydrogens is 131 g/mol. The molecule has 1 rings (SSSR count). The number of nitrogens with zero attached hydrogens (tertiary/aromatic N) is 1. The number of halogens is 1. The van der Waals surface area contributed by atoms with Crippen LogP contribution in [0.3, 0.4) is 0 Å². The van der Waals surface area contributed by atoms with Crippen LogP contribution in [0.1, 0.15) is 6.92 Å². The highest BCUT2D eigenvalue weighted by Gasteiger charge is 2.11. The van der Waals surface area contributed by atoms with Crippen molar-refractivity contribution < 1.29 is 4.39 Å². The van der Waals surface area contributed by atoms with Crippen molar-refractivity contribution >= 4 is 0 Å². The predicted octanol–water partition coefficient (Wildman–Crippen LogP) is 0.250. The van der Waals surface area contributed by atoms with Gasteiger partial charge in [0.25, 0.3) is 0 Å². The van der Waals surface area contributed by atoms with E-state index in [0.717, 1.165) is 26.2 Å². The van der Waals surface area contributed by atoms with Crippen LogP contribution in [0.5, 0.6) is 0 Å². The molecule has 0 aromatic rings. The van der Waals surface area contributed by atoms with E-state index in [2.05, 4.69) is 10.2 Å². The zero-order valence-electron chi connectivity index (χ0n) is 6.44. The lowest BCUT2D eigenvalue weighted by Crippen LogP contribution is -2.45. The zero-order valence-corrected chi connectivity index (χ0v) is 6.44.